The molecule has 0 aromatic heterocycles. The maximum Gasteiger partial charge on any atom is 0.313 e. The Kier molecular flexibility index (Phi) is 6.42. The first-order chi connectivity index (χ1) is 11.0. The van der Waals surface area contributed by atoms with Gasteiger partial charge in [0.05, 0.1) is 0 Å². The molecule has 0 spiro atoms. The molecular weight excluding hydrogens is 314 g/mol. The molecule has 2 rings (SSSR count). The van der Waals surface area contributed by atoms with Crippen LogP contribution in [0.25, 0.3) is 0 Å². The Morgan fingerprint density at radius 3 is 2.57 bits per heavy atom. The number of piperidine rings is 1. The highest BCUT2D eigenvalue weighted by Gasteiger charge is 2.22. The number of hydrogen-bond acceptors (Lipinski definition) is 3. The minimum absolute atomic E-state index is 0.438. The molecule has 1 aliphatic rings. The van der Waals surface area contributed by atoms with Gasteiger partial charge in [-0.15, -0.1) is 0 Å². The number of nitrogens with zero attached hydrogens (tertiary/aromatic N) is 1. The lowest BCUT2D eigenvalue weighted by Crippen LogP contribution is -2.43. The van der Waals surface area contributed by atoms with Gasteiger partial charge in [0.2, 0.25) is 0 Å². The number of amides is 2. The topological polar surface area (TPSA) is 61.4 Å². The standard InChI is InChI=1S/C17H24ClN3O2/c1-12(2)21-8-6-13(7-9-21)11-19-16(22)17(23)20-15-5-3-4-14(18)10-15/h3-5,10,12-13H,6-9,11H2,1-2H3,(H,19,22)(H,20,23). The van der Waals surface area contributed by atoms with Crippen molar-refractivity contribution >= 4 is 29.1 Å². The van der Waals surface area contributed by atoms with Crippen LogP contribution in [0, 0.1) is 5.92 Å². The van der Waals surface area contributed by atoms with Crippen molar-refractivity contribution in [1.82, 2.24) is 10.2 Å². The van der Waals surface area contributed by atoms with Crippen LogP contribution in [0.4, 0.5) is 5.69 Å². The molecule has 0 atom stereocenters. The molecule has 0 aliphatic carbocycles. The summed E-state index contributed by atoms with van der Waals surface area (Å²) in [4.78, 5) is 26.2. The molecule has 0 bridgehead atoms. The van der Waals surface area contributed by atoms with Crippen molar-refractivity contribution in [3.05, 3.63) is 29.3 Å². The van der Waals surface area contributed by atoms with Gasteiger partial charge in [0.1, 0.15) is 0 Å². The molecule has 6 heteroatoms. The molecular formula is C17H24ClN3O2. The molecule has 1 aromatic rings. The van der Waals surface area contributed by atoms with Gasteiger partial charge < -0.3 is 15.5 Å². The number of nitrogens with one attached hydrogen (secondary N) is 2. The van der Waals surface area contributed by atoms with Crippen LogP contribution in [0.5, 0.6) is 0 Å². The molecule has 1 aliphatic heterocycles. The SMILES string of the molecule is CC(C)N1CCC(CNC(=O)C(=O)Nc2cccc(Cl)c2)CC1. The van der Waals surface area contributed by atoms with E-state index in [9.17, 15) is 9.59 Å². The second-order valence-electron chi connectivity index (χ2n) is 6.25. The normalized spacial score (nSPS) is 16.3. The molecule has 5 nitrogen and oxygen atoms in total. The Morgan fingerprint density at radius 1 is 1.26 bits per heavy atom. The van der Waals surface area contributed by atoms with Crippen molar-refractivity contribution in [1.29, 1.82) is 0 Å². The molecule has 0 radical (unpaired) electrons. The Hall–Kier alpha value is -1.59. The maximum absolute atomic E-state index is 11.9. The summed E-state index contributed by atoms with van der Waals surface area (Å²) in [5, 5.41) is 5.79. The first kappa shape index (κ1) is 17.8. The van der Waals surface area contributed by atoms with E-state index in [4.69, 9.17) is 11.6 Å². The van der Waals surface area contributed by atoms with Crippen molar-refractivity contribution in [2.75, 3.05) is 25.0 Å². The van der Waals surface area contributed by atoms with Gasteiger partial charge in [-0.3, -0.25) is 9.59 Å². The number of benzene rings is 1. The summed E-state index contributed by atoms with van der Waals surface area (Å²) < 4.78 is 0. The van der Waals surface area contributed by atoms with Crippen LogP contribution in [-0.4, -0.2) is 42.4 Å². The lowest BCUT2D eigenvalue weighted by Gasteiger charge is -2.34. The van der Waals surface area contributed by atoms with Crippen molar-refractivity contribution < 1.29 is 9.59 Å². The monoisotopic (exact) mass is 337 g/mol. The van der Waals surface area contributed by atoms with Crippen LogP contribution in [-0.2, 0) is 9.59 Å². The van der Waals surface area contributed by atoms with Gasteiger partial charge in [0.15, 0.2) is 0 Å². The Balaban J connectivity index is 1.73. The third-order valence-corrected chi connectivity index (χ3v) is 4.45. The smallest absolute Gasteiger partial charge is 0.313 e. The minimum Gasteiger partial charge on any atom is -0.348 e. The lowest BCUT2D eigenvalue weighted by atomic mass is 9.96. The molecule has 23 heavy (non-hydrogen) atoms. The molecule has 2 N–H and O–H groups in total. The van der Waals surface area contributed by atoms with E-state index in [0.29, 0.717) is 29.2 Å². The fourth-order valence-electron chi connectivity index (χ4n) is 2.74. The van der Waals surface area contributed by atoms with Gasteiger partial charge in [-0.1, -0.05) is 17.7 Å². The van der Waals surface area contributed by atoms with Crippen LogP contribution in [0.3, 0.4) is 0 Å². The summed E-state index contributed by atoms with van der Waals surface area (Å²) in [6.07, 6.45) is 2.10. The Morgan fingerprint density at radius 2 is 1.96 bits per heavy atom. The zero-order valence-corrected chi connectivity index (χ0v) is 14.4. The molecule has 0 saturated carbocycles. The summed E-state index contributed by atoms with van der Waals surface area (Å²) in [6.45, 7) is 7.04. The maximum atomic E-state index is 11.9. The van der Waals surface area contributed by atoms with E-state index in [-0.39, 0.29) is 0 Å². The van der Waals surface area contributed by atoms with Gasteiger partial charge in [-0.2, -0.15) is 0 Å². The third kappa shape index (κ3) is 5.52. The number of anilines is 1. The summed E-state index contributed by atoms with van der Waals surface area (Å²) in [5.41, 5.74) is 0.517. The van der Waals surface area contributed by atoms with Crippen molar-refractivity contribution in [3.63, 3.8) is 0 Å². The van der Waals surface area contributed by atoms with Crippen molar-refractivity contribution in [2.45, 2.75) is 32.7 Å². The van der Waals surface area contributed by atoms with Gasteiger partial charge in [-0.25, -0.2) is 0 Å². The third-order valence-electron chi connectivity index (χ3n) is 4.22. The minimum atomic E-state index is -0.660. The summed E-state index contributed by atoms with van der Waals surface area (Å²) >= 11 is 5.85. The van der Waals surface area contributed by atoms with Gasteiger partial charge in [-0.05, 0) is 63.9 Å². The van der Waals surface area contributed by atoms with Gasteiger partial charge in [0.25, 0.3) is 0 Å². The highest BCUT2D eigenvalue weighted by molar-refractivity contribution is 6.39. The van der Waals surface area contributed by atoms with Crippen molar-refractivity contribution in [3.8, 4) is 0 Å². The number of likely N-dealkylation sites (tertiary alicyclic amines) is 1. The highest BCUT2D eigenvalue weighted by atomic mass is 35.5. The van der Waals surface area contributed by atoms with Crippen molar-refractivity contribution in [2.24, 2.45) is 5.92 Å². The fraction of sp³-hybridized carbons (Fsp3) is 0.529. The van der Waals surface area contributed by atoms with E-state index in [1.165, 1.54) is 0 Å². The predicted octanol–water partition coefficient (Wildman–Crippen LogP) is 2.52. The zero-order chi connectivity index (χ0) is 16.8. The second-order valence-corrected chi connectivity index (χ2v) is 6.68. The van der Waals surface area contributed by atoms with Gasteiger partial charge >= 0.3 is 11.8 Å². The molecule has 1 aromatic carbocycles. The average molecular weight is 338 g/mol. The highest BCUT2D eigenvalue weighted by Crippen LogP contribution is 2.18. The number of hydrogen-bond donors (Lipinski definition) is 2. The van der Waals surface area contributed by atoms with E-state index >= 15 is 0 Å². The molecule has 1 saturated heterocycles. The molecule has 126 valence electrons. The van der Waals surface area contributed by atoms with E-state index in [0.717, 1.165) is 25.9 Å². The van der Waals surface area contributed by atoms with Crippen LogP contribution in [0.2, 0.25) is 5.02 Å². The van der Waals surface area contributed by atoms with E-state index in [2.05, 4.69) is 29.4 Å². The quantitative estimate of drug-likeness (QED) is 0.830. The number of carbonyl (C=O) groups excluding carboxylic acids is 2. The fourth-order valence-corrected chi connectivity index (χ4v) is 2.94. The Bertz CT molecular complexity index is 555. The van der Waals surface area contributed by atoms with Crippen LogP contribution in [0.1, 0.15) is 26.7 Å². The van der Waals surface area contributed by atoms with Crippen LogP contribution >= 0.6 is 11.6 Å². The van der Waals surface area contributed by atoms with Crippen LogP contribution in [0.15, 0.2) is 24.3 Å². The molecule has 1 heterocycles. The van der Waals surface area contributed by atoms with E-state index < -0.39 is 11.8 Å². The summed E-state index contributed by atoms with van der Waals surface area (Å²) in [6, 6.07) is 7.29. The summed E-state index contributed by atoms with van der Waals surface area (Å²) in [7, 11) is 0. The number of carbonyl (C=O) groups is 2. The second kappa shape index (κ2) is 8.31. The van der Waals surface area contributed by atoms with E-state index in [1.54, 1.807) is 24.3 Å². The average Bonchev–Trinajstić information content (AvgIpc) is 2.53. The zero-order valence-electron chi connectivity index (χ0n) is 13.6. The van der Waals surface area contributed by atoms with Crippen LogP contribution < -0.4 is 10.6 Å². The first-order valence-corrected chi connectivity index (χ1v) is 8.42. The Labute approximate surface area is 142 Å². The number of rotatable bonds is 4. The molecule has 1 fully saturated rings. The van der Waals surface area contributed by atoms with E-state index in [1.807, 2.05) is 0 Å². The lowest BCUT2D eigenvalue weighted by molar-refractivity contribution is -0.136. The number of halogens is 1. The summed E-state index contributed by atoms with van der Waals surface area (Å²) in [5.74, 6) is -0.823. The van der Waals surface area contributed by atoms with Gasteiger partial charge in [0, 0.05) is 23.3 Å². The first-order valence-electron chi connectivity index (χ1n) is 8.04. The molecule has 2 amide bonds. The largest absolute Gasteiger partial charge is 0.348 e. The predicted molar refractivity (Wildman–Crippen MR) is 92.5 cm³/mol. The molecule has 0 unspecified atom stereocenters.